The summed E-state index contributed by atoms with van der Waals surface area (Å²) in [5.74, 6) is -0.504. The molecule has 6 heteroatoms. The first kappa shape index (κ1) is 14.2. The number of esters is 1. The third kappa shape index (κ3) is 3.58. The van der Waals surface area contributed by atoms with Gasteiger partial charge in [0.15, 0.2) is 6.61 Å². The first-order chi connectivity index (χ1) is 8.45. The number of carbonyl (C=O) groups excluding carboxylic acids is 2. The lowest BCUT2D eigenvalue weighted by Gasteiger charge is -2.08. The van der Waals surface area contributed by atoms with E-state index in [1.165, 1.54) is 0 Å². The number of amides is 1. The maximum atomic E-state index is 11.8. The molecule has 0 saturated carbocycles. The summed E-state index contributed by atoms with van der Waals surface area (Å²) in [5, 5.41) is 6.39. The molecule has 0 spiro atoms. The van der Waals surface area contributed by atoms with Crippen molar-refractivity contribution in [2.75, 3.05) is 6.61 Å². The summed E-state index contributed by atoms with van der Waals surface area (Å²) in [7, 11) is 0. The first-order valence-electron chi connectivity index (χ1n) is 5.87. The van der Waals surface area contributed by atoms with Gasteiger partial charge >= 0.3 is 5.97 Å². The molecule has 0 fully saturated rings. The van der Waals surface area contributed by atoms with Crippen molar-refractivity contribution in [1.29, 1.82) is 0 Å². The Balaban J connectivity index is 2.60. The summed E-state index contributed by atoms with van der Waals surface area (Å²) in [4.78, 5) is 23.1. The molecule has 0 aromatic carbocycles. The van der Waals surface area contributed by atoms with Crippen LogP contribution in [0.1, 0.15) is 42.6 Å². The van der Waals surface area contributed by atoms with Crippen molar-refractivity contribution in [3.63, 3.8) is 0 Å². The second-order valence-electron chi connectivity index (χ2n) is 4.21. The molecular formula is C12H18N2O4. The summed E-state index contributed by atoms with van der Waals surface area (Å²) in [6.45, 7) is 6.86. The van der Waals surface area contributed by atoms with Crippen LogP contribution in [0.25, 0.3) is 0 Å². The van der Waals surface area contributed by atoms with Gasteiger partial charge < -0.3 is 14.6 Å². The fourth-order valence-electron chi connectivity index (χ4n) is 1.49. The predicted octanol–water partition coefficient (Wildman–Crippen LogP) is 1.23. The number of nitrogens with zero attached hydrogens (tertiary/aromatic N) is 1. The normalized spacial score (nSPS) is 10.5. The van der Waals surface area contributed by atoms with Crippen molar-refractivity contribution in [3.8, 4) is 0 Å². The number of aryl methyl sites for hydroxylation is 2. The Hall–Kier alpha value is -1.85. The van der Waals surface area contributed by atoms with E-state index < -0.39 is 5.97 Å². The molecule has 0 atom stereocenters. The van der Waals surface area contributed by atoms with Crippen LogP contribution in [0.2, 0.25) is 0 Å². The Bertz CT molecular complexity index is 437. The average Bonchev–Trinajstić information content (AvgIpc) is 2.66. The van der Waals surface area contributed by atoms with Crippen molar-refractivity contribution in [2.45, 2.75) is 40.2 Å². The molecule has 0 unspecified atom stereocenters. The van der Waals surface area contributed by atoms with Crippen molar-refractivity contribution < 1.29 is 18.8 Å². The molecule has 0 radical (unpaired) electrons. The smallest absolute Gasteiger partial charge is 0.344 e. The zero-order chi connectivity index (χ0) is 13.7. The molecule has 0 aliphatic heterocycles. The highest BCUT2D eigenvalue weighted by atomic mass is 16.5. The molecule has 6 nitrogen and oxygen atoms in total. The van der Waals surface area contributed by atoms with E-state index in [0.717, 1.165) is 0 Å². The summed E-state index contributed by atoms with van der Waals surface area (Å²) >= 11 is 0. The largest absolute Gasteiger partial charge is 0.452 e. The van der Waals surface area contributed by atoms with Crippen LogP contribution in [0.15, 0.2) is 4.52 Å². The average molecular weight is 254 g/mol. The minimum atomic E-state index is -0.579. The molecule has 0 aliphatic rings. The van der Waals surface area contributed by atoms with Gasteiger partial charge in [-0.05, 0) is 27.2 Å². The maximum absolute atomic E-state index is 11.8. The third-order valence-electron chi connectivity index (χ3n) is 2.26. The highest BCUT2D eigenvalue weighted by Gasteiger charge is 2.21. The number of aromatic nitrogens is 1. The van der Waals surface area contributed by atoms with Crippen LogP contribution in [0, 0.1) is 6.92 Å². The molecule has 1 aromatic rings. The van der Waals surface area contributed by atoms with E-state index in [0.29, 0.717) is 23.4 Å². The van der Waals surface area contributed by atoms with Gasteiger partial charge in [0.05, 0.1) is 5.69 Å². The van der Waals surface area contributed by atoms with Crippen LogP contribution in [0.3, 0.4) is 0 Å². The van der Waals surface area contributed by atoms with Crippen LogP contribution in [-0.2, 0) is 16.0 Å². The zero-order valence-electron chi connectivity index (χ0n) is 11.1. The second kappa shape index (κ2) is 6.18. The number of nitrogens with one attached hydrogen (secondary N) is 1. The van der Waals surface area contributed by atoms with Crippen LogP contribution in [-0.4, -0.2) is 29.7 Å². The van der Waals surface area contributed by atoms with E-state index in [9.17, 15) is 9.59 Å². The molecule has 0 bridgehead atoms. The third-order valence-corrected chi connectivity index (χ3v) is 2.26. The summed E-state index contributed by atoms with van der Waals surface area (Å²) in [6.07, 6.45) is 0.569. The fraction of sp³-hybridized carbons (Fsp3) is 0.583. The van der Waals surface area contributed by atoms with Crippen molar-refractivity contribution in [2.24, 2.45) is 0 Å². The second-order valence-corrected chi connectivity index (χ2v) is 4.21. The number of hydrogen-bond acceptors (Lipinski definition) is 5. The predicted molar refractivity (Wildman–Crippen MR) is 64.2 cm³/mol. The molecular weight excluding hydrogens is 236 g/mol. The van der Waals surface area contributed by atoms with Crippen LogP contribution in [0.4, 0.5) is 0 Å². The van der Waals surface area contributed by atoms with E-state index in [-0.39, 0.29) is 18.6 Å². The highest BCUT2D eigenvalue weighted by molar-refractivity contribution is 5.93. The Morgan fingerprint density at radius 1 is 1.44 bits per heavy atom. The zero-order valence-corrected chi connectivity index (χ0v) is 11.1. The van der Waals surface area contributed by atoms with Crippen molar-refractivity contribution in [3.05, 3.63) is 17.0 Å². The molecule has 1 amide bonds. The van der Waals surface area contributed by atoms with Gasteiger partial charge in [-0.1, -0.05) is 12.1 Å². The lowest BCUT2D eigenvalue weighted by molar-refractivity contribution is -0.124. The molecule has 1 rings (SSSR count). The van der Waals surface area contributed by atoms with Gasteiger partial charge in [0.2, 0.25) is 0 Å². The van der Waals surface area contributed by atoms with E-state index in [1.54, 1.807) is 6.92 Å². The molecule has 1 aromatic heterocycles. The lowest BCUT2D eigenvalue weighted by atomic mass is 10.1. The summed E-state index contributed by atoms with van der Waals surface area (Å²) in [6, 6.07) is 0.0136. The fourth-order valence-corrected chi connectivity index (χ4v) is 1.49. The van der Waals surface area contributed by atoms with E-state index in [1.807, 2.05) is 20.8 Å². The van der Waals surface area contributed by atoms with Gasteiger partial charge in [-0.15, -0.1) is 0 Å². The highest BCUT2D eigenvalue weighted by Crippen LogP contribution is 2.15. The van der Waals surface area contributed by atoms with Gasteiger partial charge in [-0.3, -0.25) is 4.79 Å². The van der Waals surface area contributed by atoms with Gasteiger partial charge in [-0.25, -0.2) is 4.79 Å². The summed E-state index contributed by atoms with van der Waals surface area (Å²) in [5.41, 5.74) is 0.858. The summed E-state index contributed by atoms with van der Waals surface area (Å²) < 4.78 is 9.85. The van der Waals surface area contributed by atoms with Crippen molar-refractivity contribution in [1.82, 2.24) is 10.5 Å². The lowest BCUT2D eigenvalue weighted by Crippen LogP contribution is -2.34. The van der Waals surface area contributed by atoms with Crippen LogP contribution < -0.4 is 5.32 Å². The first-order valence-corrected chi connectivity index (χ1v) is 5.87. The molecule has 0 saturated heterocycles. The molecule has 100 valence electrons. The minimum absolute atomic E-state index is 0.0136. The standard InChI is InChI=1S/C12H18N2O4/c1-5-9-11(8(4)18-14-9)12(16)17-6-10(15)13-7(2)3/h7H,5-6H2,1-4H3,(H,13,15). The van der Waals surface area contributed by atoms with Crippen LogP contribution in [0.5, 0.6) is 0 Å². The number of rotatable bonds is 5. The number of ether oxygens (including phenoxy) is 1. The molecule has 1 heterocycles. The van der Waals surface area contributed by atoms with Gasteiger partial charge in [-0.2, -0.15) is 0 Å². The SMILES string of the molecule is CCc1noc(C)c1C(=O)OCC(=O)NC(C)C. The van der Waals surface area contributed by atoms with E-state index >= 15 is 0 Å². The molecule has 0 aliphatic carbocycles. The van der Waals surface area contributed by atoms with Gasteiger partial charge in [0.1, 0.15) is 11.3 Å². The minimum Gasteiger partial charge on any atom is -0.452 e. The van der Waals surface area contributed by atoms with E-state index in [2.05, 4.69) is 10.5 Å². The number of hydrogen-bond donors (Lipinski definition) is 1. The maximum Gasteiger partial charge on any atom is 0.344 e. The molecule has 18 heavy (non-hydrogen) atoms. The van der Waals surface area contributed by atoms with Crippen molar-refractivity contribution >= 4 is 11.9 Å². The van der Waals surface area contributed by atoms with Crippen LogP contribution >= 0.6 is 0 Å². The Kier molecular flexibility index (Phi) is 4.88. The monoisotopic (exact) mass is 254 g/mol. The number of carbonyl (C=O) groups is 2. The Labute approximate surface area is 106 Å². The van der Waals surface area contributed by atoms with Gasteiger partial charge in [0, 0.05) is 6.04 Å². The molecule has 1 N–H and O–H groups in total. The quantitative estimate of drug-likeness (QED) is 0.799. The van der Waals surface area contributed by atoms with E-state index in [4.69, 9.17) is 9.26 Å². The van der Waals surface area contributed by atoms with Gasteiger partial charge in [0.25, 0.3) is 5.91 Å². The Morgan fingerprint density at radius 3 is 2.67 bits per heavy atom. The topological polar surface area (TPSA) is 81.4 Å². The Morgan fingerprint density at radius 2 is 2.11 bits per heavy atom.